The molecule has 1 aromatic rings. The molecular formula is C8H8BBr. The second-order valence-corrected chi connectivity index (χ2v) is 2.83. The molecule has 0 saturated heterocycles. The molecule has 0 bridgehead atoms. The van der Waals surface area contributed by atoms with Crippen LogP contribution in [0.5, 0.6) is 0 Å². The van der Waals surface area contributed by atoms with Crippen LogP contribution in [-0.4, -0.2) is 7.85 Å². The molecule has 0 saturated carbocycles. The van der Waals surface area contributed by atoms with Gasteiger partial charge in [-0.2, -0.15) is 0 Å². The van der Waals surface area contributed by atoms with E-state index in [1.807, 2.05) is 19.1 Å². The summed E-state index contributed by atoms with van der Waals surface area (Å²) in [5.74, 6) is 0. The first-order valence-electron chi connectivity index (χ1n) is 3.15. The molecule has 0 nitrogen and oxygen atoms in total. The van der Waals surface area contributed by atoms with Crippen molar-refractivity contribution in [1.82, 2.24) is 0 Å². The highest BCUT2D eigenvalue weighted by molar-refractivity contribution is 9.08. The number of rotatable bonds is 1. The van der Waals surface area contributed by atoms with Gasteiger partial charge in [-0.25, -0.2) is 0 Å². The highest BCUT2D eigenvalue weighted by atomic mass is 79.9. The average Bonchev–Trinajstić information content (AvgIpc) is 1.95. The summed E-state index contributed by atoms with van der Waals surface area (Å²) in [5, 5.41) is 0.879. The number of benzene rings is 1. The Labute approximate surface area is 71.2 Å². The Kier molecular flexibility index (Phi) is 2.55. The van der Waals surface area contributed by atoms with Gasteiger partial charge in [0, 0.05) is 5.33 Å². The standard InChI is InChI=1S/C8H8BBr/c1-6-7(5-10)3-2-4-8(6)9/h2-4H,5H2,1H3. The summed E-state index contributed by atoms with van der Waals surface area (Å²) in [4.78, 5) is 0. The van der Waals surface area contributed by atoms with E-state index in [2.05, 4.69) is 22.0 Å². The van der Waals surface area contributed by atoms with Crippen LogP contribution in [-0.2, 0) is 5.33 Å². The first-order chi connectivity index (χ1) is 4.75. The van der Waals surface area contributed by atoms with E-state index in [9.17, 15) is 0 Å². The fourth-order valence-corrected chi connectivity index (χ4v) is 1.46. The van der Waals surface area contributed by atoms with E-state index in [0.29, 0.717) is 0 Å². The van der Waals surface area contributed by atoms with Gasteiger partial charge >= 0.3 is 0 Å². The van der Waals surface area contributed by atoms with Crippen molar-refractivity contribution >= 4 is 29.2 Å². The molecule has 50 valence electrons. The van der Waals surface area contributed by atoms with E-state index >= 15 is 0 Å². The lowest BCUT2D eigenvalue weighted by atomic mass is 9.89. The van der Waals surface area contributed by atoms with Gasteiger partial charge in [0.05, 0.1) is 0 Å². The number of hydrogen-bond acceptors (Lipinski definition) is 0. The van der Waals surface area contributed by atoms with Gasteiger partial charge in [0.1, 0.15) is 7.85 Å². The smallest absolute Gasteiger partial charge is 0.0935 e. The summed E-state index contributed by atoms with van der Waals surface area (Å²) in [7, 11) is 5.68. The maximum atomic E-state index is 5.68. The largest absolute Gasteiger partial charge is 0.114 e. The maximum absolute atomic E-state index is 5.68. The van der Waals surface area contributed by atoms with Crippen LogP contribution in [0.25, 0.3) is 0 Å². The maximum Gasteiger partial charge on any atom is 0.114 e. The Hall–Kier alpha value is -0.235. The van der Waals surface area contributed by atoms with Gasteiger partial charge in [-0.15, -0.1) is 0 Å². The van der Waals surface area contributed by atoms with Crippen molar-refractivity contribution in [3.8, 4) is 0 Å². The number of hydrogen-bond donors (Lipinski definition) is 0. The number of halogens is 1. The van der Waals surface area contributed by atoms with Crippen molar-refractivity contribution in [3.63, 3.8) is 0 Å². The molecule has 0 unspecified atom stereocenters. The minimum absolute atomic E-state index is 0.872. The molecule has 0 heterocycles. The molecule has 0 aliphatic heterocycles. The van der Waals surface area contributed by atoms with Gasteiger partial charge in [0.2, 0.25) is 0 Å². The van der Waals surface area contributed by atoms with E-state index in [0.717, 1.165) is 10.8 Å². The zero-order valence-electron chi connectivity index (χ0n) is 5.89. The zero-order chi connectivity index (χ0) is 7.56. The van der Waals surface area contributed by atoms with Crippen LogP contribution in [0.1, 0.15) is 11.1 Å². The monoisotopic (exact) mass is 194 g/mol. The molecule has 0 amide bonds. The number of alkyl halides is 1. The van der Waals surface area contributed by atoms with Crippen LogP contribution < -0.4 is 5.46 Å². The average molecular weight is 195 g/mol. The third-order valence-corrected chi connectivity index (χ3v) is 2.24. The highest BCUT2D eigenvalue weighted by Gasteiger charge is 1.96. The van der Waals surface area contributed by atoms with E-state index < -0.39 is 0 Å². The topological polar surface area (TPSA) is 0 Å². The predicted octanol–water partition coefficient (Wildman–Crippen LogP) is 1.68. The van der Waals surface area contributed by atoms with Crippen LogP contribution in [0.15, 0.2) is 18.2 Å². The van der Waals surface area contributed by atoms with Crippen LogP contribution >= 0.6 is 15.9 Å². The lowest BCUT2D eigenvalue weighted by molar-refractivity contribution is 1.34. The molecule has 2 radical (unpaired) electrons. The van der Waals surface area contributed by atoms with E-state index in [1.165, 1.54) is 11.1 Å². The minimum Gasteiger partial charge on any atom is -0.0935 e. The predicted molar refractivity (Wildman–Crippen MR) is 49.2 cm³/mol. The first-order valence-corrected chi connectivity index (χ1v) is 4.27. The molecule has 0 aliphatic carbocycles. The van der Waals surface area contributed by atoms with Gasteiger partial charge in [0.15, 0.2) is 0 Å². The molecule has 0 atom stereocenters. The SMILES string of the molecule is [B]c1cccc(CBr)c1C. The molecule has 0 fully saturated rings. The Bertz CT molecular complexity index is 233. The minimum atomic E-state index is 0.872. The third-order valence-electron chi connectivity index (χ3n) is 1.63. The first kappa shape index (κ1) is 7.87. The molecule has 0 spiro atoms. The van der Waals surface area contributed by atoms with Gasteiger partial charge in [0.25, 0.3) is 0 Å². The summed E-state index contributed by atoms with van der Waals surface area (Å²) >= 11 is 3.39. The lowest BCUT2D eigenvalue weighted by Crippen LogP contribution is -2.08. The van der Waals surface area contributed by atoms with Crippen molar-refractivity contribution < 1.29 is 0 Å². The molecule has 0 N–H and O–H groups in total. The molecule has 0 aromatic heterocycles. The third kappa shape index (κ3) is 1.43. The summed E-state index contributed by atoms with van der Waals surface area (Å²) < 4.78 is 0. The van der Waals surface area contributed by atoms with Gasteiger partial charge in [-0.3, -0.25) is 0 Å². The van der Waals surface area contributed by atoms with Gasteiger partial charge in [-0.1, -0.05) is 45.2 Å². The lowest BCUT2D eigenvalue weighted by Gasteiger charge is -2.04. The Morgan fingerprint density at radius 1 is 1.50 bits per heavy atom. The Balaban J connectivity index is 3.14. The fraction of sp³-hybridized carbons (Fsp3) is 0.250. The molecular weight excluding hydrogens is 187 g/mol. The van der Waals surface area contributed by atoms with E-state index in [4.69, 9.17) is 7.85 Å². The summed E-state index contributed by atoms with van der Waals surface area (Å²) in [5.41, 5.74) is 3.32. The van der Waals surface area contributed by atoms with Crippen LogP contribution in [0.3, 0.4) is 0 Å². The van der Waals surface area contributed by atoms with Crippen molar-refractivity contribution in [3.05, 3.63) is 29.3 Å². The Morgan fingerprint density at radius 2 is 2.20 bits per heavy atom. The van der Waals surface area contributed by atoms with E-state index in [-0.39, 0.29) is 0 Å². The summed E-state index contributed by atoms with van der Waals surface area (Å²) in [6, 6.07) is 5.96. The van der Waals surface area contributed by atoms with Crippen molar-refractivity contribution in [2.24, 2.45) is 0 Å². The van der Waals surface area contributed by atoms with Crippen LogP contribution in [0.2, 0.25) is 0 Å². The highest BCUT2D eigenvalue weighted by Crippen LogP contribution is 2.07. The van der Waals surface area contributed by atoms with Crippen molar-refractivity contribution in [2.45, 2.75) is 12.3 Å². The van der Waals surface area contributed by atoms with E-state index in [1.54, 1.807) is 0 Å². The van der Waals surface area contributed by atoms with Crippen LogP contribution in [0, 0.1) is 6.92 Å². The normalized spacial score (nSPS) is 9.80. The molecule has 2 heteroatoms. The summed E-state index contributed by atoms with van der Waals surface area (Å²) in [6.45, 7) is 2.03. The zero-order valence-corrected chi connectivity index (χ0v) is 7.48. The molecule has 1 rings (SSSR count). The Morgan fingerprint density at radius 3 is 2.70 bits per heavy atom. The molecule has 0 aliphatic rings. The second-order valence-electron chi connectivity index (χ2n) is 2.26. The fourth-order valence-electron chi connectivity index (χ4n) is 0.848. The van der Waals surface area contributed by atoms with Crippen molar-refractivity contribution in [2.75, 3.05) is 0 Å². The second kappa shape index (κ2) is 3.24. The van der Waals surface area contributed by atoms with Crippen molar-refractivity contribution in [1.29, 1.82) is 0 Å². The summed E-state index contributed by atoms with van der Waals surface area (Å²) in [6.07, 6.45) is 0. The quantitative estimate of drug-likeness (QED) is 0.472. The van der Waals surface area contributed by atoms with Gasteiger partial charge in [-0.05, 0) is 12.5 Å². The van der Waals surface area contributed by atoms with Crippen LogP contribution in [0.4, 0.5) is 0 Å². The van der Waals surface area contributed by atoms with Gasteiger partial charge < -0.3 is 0 Å². The molecule has 10 heavy (non-hydrogen) atoms. The molecule has 1 aromatic carbocycles.